The Morgan fingerprint density at radius 2 is 2.14 bits per heavy atom. The highest BCUT2D eigenvalue weighted by Crippen LogP contribution is 2.55. The van der Waals surface area contributed by atoms with Gasteiger partial charge in [-0.15, -0.1) is 0 Å². The lowest BCUT2D eigenvalue weighted by Gasteiger charge is -2.44. The molecule has 0 unspecified atom stereocenters. The predicted molar refractivity (Wildman–Crippen MR) is 108 cm³/mol. The van der Waals surface area contributed by atoms with Gasteiger partial charge >= 0.3 is 5.97 Å². The fourth-order valence-electron chi connectivity index (χ4n) is 4.76. The molecule has 0 aromatic carbocycles. The molecule has 0 amide bonds. The van der Waals surface area contributed by atoms with Crippen LogP contribution in [0, 0.1) is 13.8 Å². The van der Waals surface area contributed by atoms with Crippen molar-refractivity contribution in [2.75, 3.05) is 6.61 Å². The van der Waals surface area contributed by atoms with E-state index in [9.17, 15) is 4.79 Å². The van der Waals surface area contributed by atoms with Crippen LogP contribution in [0.25, 0.3) is 11.3 Å². The first-order chi connectivity index (χ1) is 14.0. The van der Waals surface area contributed by atoms with Gasteiger partial charge in [-0.3, -0.25) is 9.67 Å². The first-order valence-electron chi connectivity index (χ1n) is 10.3. The minimum absolute atomic E-state index is 0.0785. The molecule has 0 radical (unpaired) electrons. The molecule has 6 nitrogen and oxygen atoms in total. The molecule has 150 valence electrons. The zero-order chi connectivity index (χ0) is 20.2. The Kier molecular flexibility index (Phi) is 4.12. The monoisotopic (exact) mass is 391 g/mol. The summed E-state index contributed by atoms with van der Waals surface area (Å²) in [6, 6.07) is 5.93. The van der Waals surface area contributed by atoms with Crippen LogP contribution in [-0.4, -0.2) is 27.3 Å². The summed E-state index contributed by atoms with van der Waals surface area (Å²) in [6.45, 7) is 6.95. The van der Waals surface area contributed by atoms with E-state index >= 15 is 0 Å². The molecule has 1 fully saturated rings. The maximum atomic E-state index is 12.2. The highest BCUT2D eigenvalue weighted by atomic mass is 16.5. The molecule has 0 saturated heterocycles. The van der Waals surface area contributed by atoms with Crippen LogP contribution in [0.2, 0.25) is 0 Å². The molecule has 0 aliphatic heterocycles. The number of hydrogen-bond acceptors (Lipinski definition) is 5. The van der Waals surface area contributed by atoms with Gasteiger partial charge in [0.15, 0.2) is 0 Å². The average molecular weight is 391 g/mol. The van der Waals surface area contributed by atoms with Crippen molar-refractivity contribution in [2.45, 2.75) is 58.4 Å². The zero-order valence-corrected chi connectivity index (χ0v) is 17.1. The lowest BCUT2D eigenvalue weighted by Crippen LogP contribution is -2.39. The number of pyridine rings is 1. The Hall–Kier alpha value is -2.89. The second-order valence-electron chi connectivity index (χ2n) is 8.27. The van der Waals surface area contributed by atoms with Crippen LogP contribution in [-0.2, 0) is 23.1 Å². The SMILES string of the molecule is CCOC(=O)c1cc2c(o1)CC1(CCC1)c1c-2nn(Cc2ccc(C)cn2)c1C. The van der Waals surface area contributed by atoms with E-state index < -0.39 is 5.97 Å². The minimum atomic E-state index is -0.411. The van der Waals surface area contributed by atoms with Gasteiger partial charge in [-0.05, 0) is 45.2 Å². The van der Waals surface area contributed by atoms with Crippen molar-refractivity contribution in [1.29, 1.82) is 0 Å². The van der Waals surface area contributed by atoms with Crippen LogP contribution in [0.5, 0.6) is 0 Å². The van der Waals surface area contributed by atoms with Crippen LogP contribution in [0.3, 0.4) is 0 Å². The largest absolute Gasteiger partial charge is 0.460 e. The van der Waals surface area contributed by atoms with E-state index in [1.54, 1.807) is 13.0 Å². The maximum absolute atomic E-state index is 12.2. The van der Waals surface area contributed by atoms with Gasteiger partial charge in [0.1, 0.15) is 5.76 Å². The van der Waals surface area contributed by atoms with Crippen LogP contribution >= 0.6 is 0 Å². The van der Waals surface area contributed by atoms with Crippen molar-refractivity contribution in [3.8, 4) is 11.3 Å². The van der Waals surface area contributed by atoms with Crippen molar-refractivity contribution in [1.82, 2.24) is 14.8 Å². The maximum Gasteiger partial charge on any atom is 0.374 e. The van der Waals surface area contributed by atoms with E-state index in [4.69, 9.17) is 14.3 Å². The predicted octanol–water partition coefficient (Wildman–Crippen LogP) is 4.36. The molecule has 1 spiro atoms. The van der Waals surface area contributed by atoms with Gasteiger partial charge in [0, 0.05) is 40.9 Å². The fourth-order valence-corrected chi connectivity index (χ4v) is 4.76. The fraction of sp³-hybridized carbons (Fsp3) is 0.435. The highest BCUT2D eigenvalue weighted by Gasteiger charge is 2.48. The van der Waals surface area contributed by atoms with Crippen LogP contribution in [0.4, 0.5) is 0 Å². The first-order valence-corrected chi connectivity index (χ1v) is 10.3. The molecule has 1 saturated carbocycles. The normalized spacial score (nSPS) is 16.2. The van der Waals surface area contributed by atoms with Crippen LogP contribution < -0.4 is 0 Å². The zero-order valence-electron chi connectivity index (χ0n) is 17.1. The standard InChI is InChI=1S/C23H25N3O3/c1-4-28-22(27)18-10-17-19(29-18)11-23(8-5-9-23)20-15(3)26(25-21(17)20)13-16-7-6-14(2)12-24-16/h6-7,10,12H,4-5,8-9,11,13H2,1-3H3. The Bertz CT molecular complexity index is 1090. The lowest BCUT2D eigenvalue weighted by molar-refractivity contribution is 0.0486. The molecule has 3 aromatic rings. The van der Waals surface area contributed by atoms with Crippen molar-refractivity contribution in [3.05, 3.63) is 58.4 Å². The summed E-state index contributed by atoms with van der Waals surface area (Å²) in [5.41, 5.74) is 6.60. The van der Waals surface area contributed by atoms with Gasteiger partial charge in [-0.2, -0.15) is 5.10 Å². The second kappa shape index (κ2) is 6.58. The minimum Gasteiger partial charge on any atom is -0.460 e. The summed E-state index contributed by atoms with van der Waals surface area (Å²) in [6.07, 6.45) is 6.18. The molecule has 29 heavy (non-hydrogen) atoms. The number of ether oxygens (including phenoxy) is 1. The molecule has 3 heterocycles. The second-order valence-corrected chi connectivity index (χ2v) is 8.27. The number of carbonyl (C=O) groups excluding carboxylic acids is 1. The smallest absolute Gasteiger partial charge is 0.374 e. The summed E-state index contributed by atoms with van der Waals surface area (Å²) < 4.78 is 13.1. The summed E-state index contributed by atoms with van der Waals surface area (Å²) in [7, 11) is 0. The van der Waals surface area contributed by atoms with Gasteiger partial charge in [0.05, 0.1) is 24.5 Å². The van der Waals surface area contributed by atoms with E-state index in [1.807, 2.05) is 13.1 Å². The first kappa shape index (κ1) is 18.2. The van der Waals surface area contributed by atoms with Gasteiger partial charge < -0.3 is 9.15 Å². The van der Waals surface area contributed by atoms with Crippen molar-refractivity contribution in [3.63, 3.8) is 0 Å². The molecule has 2 aliphatic rings. The molecule has 0 N–H and O–H groups in total. The molecule has 2 aliphatic carbocycles. The number of aromatic nitrogens is 3. The molecule has 3 aromatic heterocycles. The van der Waals surface area contributed by atoms with Gasteiger partial charge in [-0.1, -0.05) is 12.5 Å². The Morgan fingerprint density at radius 1 is 1.31 bits per heavy atom. The molecule has 0 atom stereocenters. The third-order valence-corrected chi connectivity index (χ3v) is 6.37. The van der Waals surface area contributed by atoms with E-state index in [-0.39, 0.29) is 11.2 Å². The number of furan rings is 1. The van der Waals surface area contributed by atoms with E-state index in [2.05, 4.69) is 28.7 Å². The molecular weight excluding hydrogens is 366 g/mol. The molecular formula is C23H25N3O3. The van der Waals surface area contributed by atoms with E-state index in [1.165, 1.54) is 17.7 Å². The van der Waals surface area contributed by atoms with Gasteiger partial charge in [0.2, 0.25) is 5.76 Å². The van der Waals surface area contributed by atoms with E-state index in [0.717, 1.165) is 47.5 Å². The van der Waals surface area contributed by atoms with Crippen LogP contribution in [0.15, 0.2) is 28.8 Å². The third-order valence-electron chi connectivity index (χ3n) is 6.37. The Labute approximate surface area is 169 Å². The molecule has 0 bridgehead atoms. The molecule has 6 heteroatoms. The Balaban J connectivity index is 1.59. The number of nitrogens with zero attached hydrogens (tertiary/aromatic N) is 3. The summed E-state index contributed by atoms with van der Waals surface area (Å²) >= 11 is 0. The number of rotatable bonds is 4. The third kappa shape index (κ3) is 2.81. The number of esters is 1. The quantitative estimate of drug-likeness (QED) is 0.618. The number of aryl methyl sites for hydroxylation is 1. The number of carbonyl (C=O) groups is 1. The van der Waals surface area contributed by atoms with Crippen molar-refractivity contribution >= 4 is 5.97 Å². The van der Waals surface area contributed by atoms with Gasteiger partial charge in [-0.25, -0.2) is 4.79 Å². The highest BCUT2D eigenvalue weighted by molar-refractivity contribution is 5.89. The lowest BCUT2D eigenvalue weighted by atomic mass is 9.59. The van der Waals surface area contributed by atoms with Crippen molar-refractivity contribution in [2.24, 2.45) is 0 Å². The van der Waals surface area contributed by atoms with E-state index in [0.29, 0.717) is 13.2 Å². The molecule has 5 rings (SSSR count). The van der Waals surface area contributed by atoms with Crippen molar-refractivity contribution < 1.29 is 13.9 Å². The summed E-state index contributed by atoms with van der Waals surface area (Å²) in [5, 5.41) is 4.97. The van der Waals surface area contributed by atoms with Gasteiger partial charge in [0.25, 0.3) is 0 Å². The average Bonchev–Trinajstić information content (AvgIpc) is 3.24. The number of fused-ring (bicyclic) bond motifs is 4. The Morgan fingerprint density at radius 3 is 2.79 bits per heavy atom. The number of hydrogen-bond donors (Lipinski definition) is 0. The summed E-state index contributed by atoms with van der Waals surface area (Å²) in [4.78, 5) is 16.8. The summed E-state index contributed by atoms with van der Waals surface area (Å²) in [5.74, 6) is 0.719. The topological polar surface area (TPSA) is 70.2 Å². The van der Waals surface area contributed by atoms with Crippen LogP contribution in [0.1, 0.15) is 65.0 Å².